The van der Waals surface area contributed by atoms with Crippen LogP contribution in [0, 0.1) is 11.8 Å². The zero-order valence-corrected chi connectivity index (χ0v) is 11.8. The SMILES string of the molecule is NCC#Cc1csc(CNC(=O)N2CCCCC2)c1. The second-order valence-corrected chi connectivity index (χ2v) is 5.51. The highest BCUT2D eigenvalue weighted by atomic mass is 32.1. The van der Waals surface area contributed by atoms with Gasteiger partial charge in [-0.15, -0.1) is 11.3 Å². The van der Waals surface area contributed by atoms with Crippen molar-refractivity contribution in [2.45, 2.75) is 25.8 Å². The molecule has 1 saturated heterocycles. The summed E-state index contributed by atoms with van der Waals surface area (Å²) in [4.78, 5) is 14.9. The molecule has 2 heterocycles. The van der Waals surface area contributed by atoms with Crippen molar-refractivity contribution in [1.29, 1.82) is 0 Å². The number of carbonyl (C=O) groups is 1. The van der Waals surface area contributed by atoms with Gasteiger partial charge in [-0.1, -0.05) is 11.8 Å². The molecule has 1 aliphatic heterocycles. The van der Waals surface area contributed by atoms with E-state index in [4.69, 9.17) is 5.73 Å². The molecule has 0 unspecified atom stereocenters. The molecule has 19 heavy (non-hydrogen) atoms. The molecular formula is C14H19N3OS. The van der Waals surface area contributed by atoms with E-state index >= 15 is 0 Å². The average molecular weight is 277 g/mol. The number of carbonyl (C=O) groups excluding carboxylic acids is 1. The molecule has 5 heteroatoms. The molecule has 0 aromatic carbocycles. The van der Waals surface area contributed by atoms with E-state index in [1.807, 2.05) is 16.3 Å². The van der Waals surface area contributed by atoms with Gasteiger partial charge in [0.15, 0.2) is 0 Å². The lowest BCUT2D eigenvalue weighted by Crippen LogP contribution is -2.42. The molecule has 3 N–H and O–H groups in total. The Kier molecular flexibility index (Phi) is 5.25. The third-order valence-electron chi connectivity index (χ3n) is 3.05. The molecule has 0 spiro atoms. The maximum Gasteiger partial charge on any atom is 0.317 e. The summed E-state index contributed by atoms with van der Waals surface area (Å²) in [7, 11) is 0. The van der Waals surface area contributed by atoms with Gasteiger partial charge in [-0.2, -0.15) is 0 Å². The Hall–Kier alpha value is -1.51. The molecule has 102 valence electrons. The fourth-order valence-corrected chi connectivity index (χ4v) is 2.82. The Morgan fingerprint density at radius 2 is 2.21 bits per heavy atom. The first-order valence-electron chi connectivity index (χ1n) is 6.58. The zero-order valence-electron chi connectivity index (χ0n) is 10.9. The van der Waals surface area contributed by atoms with Crippen molar-refractivity contribution in [3.05, 3.63) is 21.9 Å². The van der Waals surface area contributed by atoms with Crippen molar-refractivity contribution >= 4 is 17.4 Å². The van der Waals surface area contributed by atoms with Crippen molar-refractivity contribution in [2.24, 2.45) is 5.73 Å². The van der Waals surface area contributed by atoms with E-state index in [9.17, 15) is 4.79 Å². The fraction of sp³-hybridized carbons (Fsp3) is 0.500. The first-order valence-corrected chi connectivity index (χ1v) is 7.46. The van der Waals surface area contributed by atoms with Gasteiger partial charge in [0.2, 0.25) is 0 Å². The molecule has 1 aromatic rings. The molecule has 1 aromatic heterocycles. The fourth-order valence-electron chi connectivity index (χ4n) is 2.06. The maximum absolute atomic E-state index is 11.9. The van der Waals surface area contributed by atoms with Crippen LogP contribution in [-0.4, -0.2) is 30.6 Å². The standard InChI is InChI=1S/C14H19N3OS/c15-6-4-5-12-9-13(19-11-12)10-16-14(18)17-7-2-1-3-8-17/h9,11H,1-3,6-8,10,15H2,(H,16,18). The number of piperidine rings is 1. The molecule has 0 bridgehead atoms. The summed E-state index contributed by atoms with van der Waals surface area (Å²) in [5.74, 6) is 5.81. The number of amides is 2. The first-order chi connectivity index (χ1) is 9.29. The van der Waals surface area contributed by atoms with Gasteiger partial charge in [0, 0.05) is 28.9 Å². The van der Waals surface area contributed by atoms with Gasteiger partial charge in [0.1, 0.15) is 0 Å². The normalized spacial score (nSPS) is 14.7. The molecule has 0 aliphatic carbocycles. The highest BCUT2D eigenvalue weighted by Crippen LogP contribution is 2.14. The predicted molar refractivity (Wildman–Crippen MR) is 77.9 cm³/mol. The number of rotatable bonds is 2. The van der Waals surface area contributed by atoms with Crippen LogP contribution in [-0.2, 0) is 6.54 Å². The molecule has 0 atom stereocenters. The minimum absolute atomic E-state index is 0.0442. The lowest BCUT2D eigenvalue weighted by atomic mass is 10.1. The topological polar surface area (TPSA) is 58.4 Å². The van der Waals surface area contributed by atoms with Crippen LogP contribution >= 0.6 is 11.3 Å². The van der Waals surface area contributed by atoms with E-state index in [1.165, 1.54) is 6.42 Å². The summed E-state index contributed by atoms with van der Waals surface area (Å²) in [6.45, 7) is 2.70. The second kappa shape index (κ2) is 7.17. The van der Waals surface area contributed by atoms with Gasteiger partial charge in [0.05, 0.1) is 13.1 Å². The zero-order chi connectivity index (χ0) is 13.5. The number of nitrogens with zero attached hydrogens (tertiary/aromatic N) is 1. The van der Waals surface area contributed by atoms with Gasteiger partial charge in [-0.3, -0.25) is 0 Å². The van der Waals surface area contributed by atoms with E-state index in [-0.39, 0.29) is 6.03 Å². The number of likely N-dealkylation sites (tertiary alicyclic amines) is 1. The minimum atomic E-state index is 0.0442. The van der Waals surface area contributed by atoms with Crippen LogP contribution < -0.4 is 11.1 Å². The third kappa shape index (κ3) is 4.27. The van der Waals surface area contributed by atoms with E-state index < -0.39 is 0 Å². The number of thiophene rings is 1. The number of urea groups is 1. The van der Waals surface area contributed by atoms with Crippen molar-refractivity contribution in [1.82, 2.24) is 10.2 Å². The van der Waals surface area contributed by atoms with E-state index in [0.717, 1.165) is 36.4 Å². The quantitative estimate of drug-likeness (QED) is 0.809. The average Bonchev–Trinajstić information content (AvgIpc) is 2.91. The highest BCUT2D eigenvalue weighted by Gasteiger charge is 2.15. The second-order valence-electron chi connectivity index (χ2n) is 4.51. The Balaban J connectivity index is 1.81. The van der Waals surface area contributed by atoms with Gasteiger partial charge in [-0.25, -0.2) is 4.79 Å². The van der Waals surface area contributed by atoms with Gasteiger partial charge >= 0.3 is 6.03 Å². The van der Waals surface area contributed by atoms with Crippen LogP contribution in [0.15, 0.2) is 11.4 Å². The molecule has 0 radical (unpaired) electrons. The monoisotopic (exact) mass is 277 g/mol. The first kappa shape index (κ1) is 13.9. The summed E-state index contributed by atoms with van der Waals surface area (Å²) in [6.07, 6.45) is 3.47. The van der Waals surface area contributed by atoms with Crippen LogP contribution in [0.5, 0.6) is 0 Å². The van der Waals surface area contributed by atoms with Crippen LogP contribution in [0.1, 0.15) is 29.7 Å². The van der Waals surface area contributed by atoms with Crippen molar-refractivity contribution in [2.75, 3.05) is 19.6 Å². The van der Waals surface area contributed by atoms with Crippen LogP contribution in [0.3, 0.4) is 0 Å². The van der Waals surface area contributed by atoms with E-state index in [1.54, 1.807) is 11.3 Å². The Morgan fingerprint density at radius 1 is 1.42 bits per heavy atom. The van der Waals surface area contributed by atoms with Crippen molar-refractivity contribution < 1.29 is 4.79 Å². The maximum atomic E-state index is 11.9. The molecule has 2 amide bonds. The van der Waals surface area contributed by atoms with E-state index in [2.05, 4.69) is 17.2 Å². The van der Waals surface area contributed by atoms with Gasteiger partial charge in [-0.05, 0) is 25.3 Å². The minimum Gasteiger partial charge on any atom is -0.333 e. The van der Waals surface area contributed by atoms with Gasteiger partial charge < -0.3 is 16.0 Å². The molecule has 0 saturated carbocycles. The molecule has 4 nitrogen and oxygen atoms in total. The Morgan fingerprint density at radius 3 is 2.95 bits per heavy atom. The van der Waals surface area contributed by atoms with Crippen LogP contribution in [0.4, 0.5) is 4.79 Å². The third-order valence-corrected chi connectivity index (χ3v) is 3.98. The summed E-state index contributed by atoms with van der Waals surface area (Å²) >= 11 is 1.61. The van der Waals surface area contributed by atoms with Gasteiger partial charge in [0.25, 0.3) is 0 Å². The van der Waals surface area contributed by atoms with Crippen LogP contribution in [0.25, 0.3) is 0 Å². The molecule has 1 fully saturated rings. The lowest BCUT2D eigenvalue weighted by Gasteiger charge is -2.26. The summed E-state index contributed by atoms with van der Waals surface area (Å²) < 4.78 is 0. The summed E-state index contributed by atoms with van der Waals surface area (Å²) in [6, 6.07) is 2.05. The Bertz CT molecular complexity index is 480. The lowest BCUT2D eigenvalue weighted by molar-refractivity contribution is 0.186. The highest BCUT2D eigenvalue weighted by molar-refractivity contribution is 7.10. The molecular weight excluding hydrogens is 258 g/mol. The predicted octanol–water partition coefficient (Wildman–Crippen LogP) is 1.75. The smallest absolute Gasteiger partial charge is 0.317 e. The largest absolute Gasteiger partial charge is 0.333 e. The molecule has 1 aliphatic rings. The number of nitrogens with two attached hydrogens (primary N) is 1. The Labute approximate surface area is 118 Å². The number of nitrogens with one attached hydrogen (secondary N) is 1. The summed E-state index contributed by atoms with van der Waals surface area (Å²) in [5, 5.41) is 4.95. The summed E-state index contributed by atoms with van der Waals surface area (Å²) in [5.41, 5.74) is 6.30. The number of hydrogen-bond acceptors (Lipinski definition) is 3. The van der Waals surface area contributed by atoms with Crippen molar-refractivity contribution in [3.8, 4) is 11.8 Å². The number of hydrogen-bond donors (Lipinski definition) is 2. The van der Waals surface area contributed by atoms with E-state index in [0.29, 0.717) is 13.1 Å². The van der Waals surface area contributed by atoms with Crippen molar-refractivity contribution in [3.63, 3.8) is 0 Å². The molecule has 2 rings (SSSR count). The van der Waals surface area contributed by atoms with Crippen LogP contribution in [0.2, 0.25) is 0 Å².